The van der Waals surface area contributed by atoms with Gasteiger partial charge in [0.1, 0.15) is 5.82 Å². The number of hydrogen-bond donors (Lipinski definition) is 2. The summed E-state index contributed by atoms with van der Waals surface area (Å²) >= 11 is 0. The van der Waals surface area contributed by atoms with Crippen molar-refractivity contribution in [3.8, 4) is 11.5 Å². The molecule has 6 nitrogen and oxygen atoms in total. The molecule has 0 aliphatic rings. The summed E-state index contributed by atoms with van der Waals surface area (Å²) in [5.41, 5.74) is -1.16. The van der Waals surface area contributed by atoms with E-state index in [1.165, 1.54) is 38.5 Å². The highest BCUT2D eigenvalue weighted by molar-refractivity contribution is 6.05. The molecule has 182 valence electrons. The number of carbonyl (C=O) groups excluding carboxylic acids is 2. The monoisotopic (exact) mass is 488 g/mol. The van der Waals surface area contributed by atoms with E-state index in [2.05, 4.69) is 10.6 Å². The van der Waals surface area contributed by atoms with Crippen LogP contribution in [0, 0.1) is 5.82 Å². The van der Waals surface area contributed by atoms with E-state index in [9.17, 15) is 27.2 Å². The lowest BCUT2D eigenvalue weighted by Gasteiger charge is -2.15. The molecule has 0 radical (unpaired) electrons. The van der Waals surface area contributed by atoms with E-state index in [4.69, 9.17) is 9.47 Å². The van der Waals surface area contributed by atoms with Crippen molar-refractivity contribution in [3.63, 3.8) is 0 Å². The van der Waals surface area contributed by atoms with Crippen LogP contribution < -0.4 is 20.1 Å². The minimum atomic E-state index is -4.81. The second-order valence-corrected chi connectivity index (χ2v) is 7.16. The van der Waals surface area contributed by atoms with Gasteiger partial charge in [-0.2, -0.15) is 13.2 Å². The van der Waals surface area contributed by atoms with E-state index >= 15 is 0 Å². The second kappa shape index (κ2) is 10.7. The highest BCUT2D eigenvalue weighted by Gasteiger charge is 2.34. The lowest BCUT2D eigenvalue weighted by molar-refractivity contribution is -0.136. The predicted molar refractivity (Wildman–Crippen MR) is 123 cm³/mol. The molecule has 0 saturated heterocycles. The molecule has 0 aromatic heterocycles. The number of benzene rings is 3. The number of methoxy groups -OCH3 is 2. The average molecular weight is 488 g/mol. The Morgan fingerprint density at radius 2 is 1.54 bits per heavy atom. The van der Waals surface area contributed by atoms with Crippen LogP contribution in [-0.2, 0) is 11.0 Å². The zero-order chi connectivity index (χ0) is 25.6. The minimum absolute atomic E-state index is 0.0673. The van der Waals surface area contributed by atoms with Crippen LogP contribution in [0.3, 0.4) is 0 Å². The van der Waals surface area contributed by atoms with E-state index in [-0.39, 0.29) is 11.3 Å². The highest BCUT2D eigenvalue weighted by Crippen LogP contribution is 2.37. The zero-order valence-electron chi connectivity index (χ0n) is 18.6. The van der Waals surface area contributed by atoms with Gasteiger partial charge in [0.25, 0.3) is 5.91 Å². The average Bonchev–Trinajstić information content (AvgIpc) is 2.83. The first kappa shape index (κ1) is 25.3. The van der Waals surface area contributed by atoms with Gasteiger partial charge in [0.05, 0.1) is 25.5 Å². The molecule has 3 aromatic rings. The summed E-state index contributed by atoms with van der Waals surface area (Å²) < 4.78 is 64.2. The van der Waals surface area contributed by atoms with Crippen LogP contribution in [0.1, 0.15) is 21.5 Å². The molecule has 0 fully saturated rings. The summed E-state index contributed by atoms with van der Waals surface area (Å²) in [5, 5.41) is 4.53. The largest absolute Gasteiger partial charge is 0.493 e. The third-order valence-corrected chi connectivity index (χ3v) is 4.78. The molecule has 0 bridgehead atoms. The van der Waals surface area contributed by atoms with Gasteiger partial charge in [-0.3, -0.25) is 9.59 Å². The fourth-order valence-corrected chi connectivity index (χ4v) is 3.07. The topological polar surface area (TPSA) is 76.7 Å². The Hall–Kier alpha value is -4.34. The second-order valence-electron chi connectivity index (χ2n) is 7.16. The van der Waals surface area contributed by atoms with Gasteiger partial charge >= 0.3 is 6.18 Å². The Kier molecular flexibility index (Phi) is 7.75. The summed E-state index contributed by atoms with van der Waals surface area (Å²) in [5.74, 6) is -1.16. The Bertz CT molecular complexity index is 1260. The molecule has 2 amide bonds. The molecule has 2 N–H and O–H groups in total. The lowest BCUT2D eigenvalue weighted by atomic mass is 10.1. The Labute approximate surface area is 198 Å². The molecule has 0 unspecified atom stereocenters. The molecule has 10 heteroatoms. The van der Waals surface area contributed by atoms with Crippen LogP contribution in [0.15, 0.2) is 66.7 Å². The van der Waals surface area contributed by atoms with Crippen molar-refractivity contribution in [2.75, 3.05) is 24.9 Å². The molecular weight excluding hydrogens is 468 g/mol. The normalized spacial score (nSPS) is 11.3. The van der Waals surface area contributed by atoms with Gasteiger partial charge in [0.2, 0.25) is 5.91 Å². The molecule has 0 aliphatic heterocycles. The summed E-state index contributed by atoms with van der Waals surface area (Å²) in [6.45, 7) is 0. The number of rotatable bonds is 7. The van der Waals surface area contributed by atoms with E-state index in [1.54, 1.807) is 18.2 Å². The van der Waals surface area contributed by atoms with Crippen molar-refractivity contribution >= 4 is 29.3 Å². The summed E-state index contributed by atoms with van der Waals surface area (Å²) in [4.78, 5) is 24.5. The van der Waals surface area contributed by atoms with Gasteiger partial charge < -0.3 is 20.1 Å². The van der Waals surface area contributed by atoms with Crippen molar-refractivity contribution in [1.82, 2.24) is 0 Å². The first-order valence-electron chi connectivity index (χ1n) is 10.1. The van der Waals surface area contributed by atoms with Gasteiger partial charge in [-0.15, -0.1) is 0 Å². The standard InChI is InChI=1S/C25H20F4N2O4/c1-34-21-11-3-15(13-22(21)35-2)4-12-23(32)31-20-10-9-18(14-19(20)25(27,28)29)30-24(33)16-5-7-17(26)8-6-16/h3-14H,1-2H3,(H,30,33)(H,31,32). The molecular formula is C25H20F4N2O4. The number of carbonyl (C=O) groups is 2. The van der Waals surface area contributed by atoms with E-state index in [1.807, 2.05) is 0 Å². The van der Waals surface area contributed by atoms with Gasteiger partial charge in [-0.05, 0) is 66.2 Å². The smallest absolute Gasteiger partial charge is 0.418 e. The third-order valence-electron chi connectivity index (χ3n) is 4.78. The highest BCUT2D eigenvalue weighted by atomic mass is 19.4. The molecule has 0 saturated carbocycles. The summed E-state index contributed by atoms with van der Waals surface area (Å²) in [7, 11) is 2.92. The molecule has 35 heavy (non-hydrogen) atoms. The number of nitrogens with one attached hydrogen (secondary N) is 2. The van der Waals surface area contributed by atoms with Crippen LogP contribution >= 0.6 is 0 Å². The fraction of sp³-hybridized carbons (Fsp3) is 0.120. The van der Waals surface area contributed by atoms with Crippen molar-refractivity contribution < 1.29 is 36.6 Å². The first-order chi connectivity index (χ1) is 16.6. The van der Waals surface area contributed by atoms with Crippen LogP contribution in [0.4, 0.5) is 28.9 Å². The van der Waals surface area contributed by atoms with Gasteiger partial charge in [0.15, 0.2) is 11.5 Å². The third kappa shape index (κ3) is 6.59. The van der Waals surface area contributed by atoms with E-state index < -0.39 is 35.1 Å². The number of alkyl halides is 3. The zero-order valence-corrected chi connectivity index (χ0v) is 18.6. The van der Waals surface area contributed by atoms with Gasteiger partial charge in [-0.1, -0.05) is 6.07 Å². The van der Waals surface area contributed by atoms with E-state index in [0.29, 0.717) is 23.1 Å². The van der Waals surface area contributed by atoms with Crippen molar-refractivity contribution in [3.05, 3.63) is 89.2 Å². The van der Waals surface area contributed by atoms with Crippen LogP contribution in [0.25, 0.3) is 6.08 Å². The maximum atomic E-state index is 13.6. The van der Waals surface area contributed by atoms with Crippen molar-refractivity contribution in [2.24, 2.45) is 0 Å². The van der Waals surface area contributed by atoms with Crippen LogP contribution in [0.2, 0.25) is 0 Å². The summed E-state index contributed by atoms with van der Waals surface area (Å²) in [6, 6.07) is 12.3. The van der Waals surface area contributed by atoms with E-state index in [0.717, 1.165) is 24.3 Å². The number of ether oxygens (including phenoxy) is 2. The Morgan fingerprint density at radius 1 is 0.857 bits per heavy atom. The molecule has 0 heterocycles. The molecule has 0 spiro atoms. The minimum Gasteiger partial charge on any atom is -0.493 e. The predicted octanol–water partition coefficient (Wildman–Crippen LogP) is 5.77. The van der Waals surface area contributed by atoms with Gasteiger partial charge in [0, 0.05) is 17.3 Å². The lowest BCUT2D eigenvalue weighted by Crippen LogP contribution is -2.17. The number of amides is 2. The Balaban J connectivity index is 1.77. The first-order valence-corrected chi connectivity index (χ1v) is 10.1. The molecule has 3 aromatic carbocycles. The fourth-order valence-electron chi connectivity index (χ4n) is 3.07. The SMILES string of the molecule is COc1ccc(C=CC(=O)Nc2ccc(NC(=O)c3ccc(F)cc3)cc2C(F)(F)F)cc1OC. The van der Waals surface area contributed by atoms with Crippen LogP contribution in [0.5, 0.6) is 11.5 Å². The molecule has 0 aliphatic carbocycles. The van der Waals surface area contributed by atoms with Crippen molar-refractivity contribution in [1.29, 1.82) is 0 Å². The quantitative estimate of drug-likeness (QED) is 0.327. The number of anilines is 2. The summed E-state index contributed by atoms with van der Waals surface area (Å²) in [6.07, 6.45) is -2.33. The Morgan fingerprint density at radius 3 is 2.17 bits per heavy atom. The van der Waals surface area contributed by atoms with Crippen LogP contribution in [-0.4, -0.2) is 26.0 Å². The maximum absolute atomic E-state index is 13.6. The maximum Gasteiger partial charge on any atom is 0.418 e. The number of halogens is 4. The van der Waals surface area contributed by atoms with Crippen molar-refractivity contribution in [2.45, 2.75) is 6.18 Å². The number of hydrogen-bond acceptors (Lipinski definition) is 4. The molecule has 0 atom stereocenters. The van der Waals surface area contributed by atoms with Gasteiger partial charge in [-0.25, -0.2) is 4.39 Å². The molecule has 3 rings (SSSR count).